The highest BCUT2D eigenvalue weighted by molar-refractivity contribution is 5.99. The van der Waals surface area contributed by atoms with E-state index in [1.54, 1.807) is 6.20 Å². The van der Waals surface area contributed by atoms with Crippen molar-refractivity contribution in [2.24, 2.45) is 5.92 Å². The van der Waals surface area contributed by atoms with Crippen molar-refractivity contribution in [1.29, 1.82) is 0 Å². The number of carbonyl (C=O) groups is 1. The number of fused-ring (bicyclic) bond motifs is 1. The molecule has 122 valence electrons. The number of hydrogen-bond acceptors (Lipinski definition) is 3. The quantitative estimate of drug-likeness (QED) is 0.947. The first-order chi connectivity index (χ1) is 11.1. The number of carbonyl (C=O) groups excluding carboxylic acids is 1. The summed E-state index contributed by atoms with van der Waals surface area (Å²) in [6.07, 6.45) is 1.75. The molecule has 0 unspecified atom stereocenters. The molecule has 0 aliphatic carbocycles. The molecule has 5 heteroatoms. The molecule has 2 heterocycles. The third-order valence-corrected chi connectivity index (χ3v) is 4.16. The highest BCUT2D eigenvalue weighted by atomic mass is 16.2. The predicted molar refractivity (Wildman–Crippen MR) is 93.6 cm³/mol. The van der Waals surface area contributed by atoms with Gasteiger partial charge >= 0.3 is 6.03 Å². The first-order valence-electron chi connectivity index (χ1n) is 8.25. The molecule has 0 atom stereocenters. The number of nitrogens with one attached hydrogen (secondary N) is 1. The van der Waals surface area contributed by atoms with Gasteiger partial charge in [0.15, 0.2) is 0 Å². The molecule has 1 aromatic heterocycles. The summed E-state index contributed by atoms with van der Waals surface area (Å²) in [5, 5.41) is 4.05. The molecule has 2 amide bonds. The van der Waals surface area contributed by atoms with Crippen LogP contribution < -0.4 is 5.32 Å². The van der Waals surface area contributed by atoms with Gasteiger partial charge in [-0.2, -0.15) is 0 Å². The molecule has 1 saturated heterocycles. The van der Waals surface area contributed by atoms with E-state index < -0.39 is 0 Å². The van der Waals surface area contributed by atoms with E-state index in [1.807, 2.05) is 35.2 Å². The number of rotatable bonds is 3. The van der Waals surface area contributed by atoms with Gasteiger partial charge < -0.3 is 10.2 Å². The molecular weight excluding hydrogens is 288 g/mol. The standard InChI is InChI=1S/C18H24N4O/c1-14(2)13-21-9-11-22(12-10-21)18(23)20-16-7-3-5-15-6-4-8-19-17(15)16/h3-8,14H,9-13H2,1-2H3,(H,20,23). The summed E-state index contributed by atoms with van der Waals surface area (Å²) in [5.41, 5.74) is 1.61. The van der Waals surface area contributed by atoms with Crippen molar-refractivity contribution in [3.63, 3.8) is 0 Å². The van der Waals surface area contributed by atoms with E-state index in [4.69, 9.17) is 0 Å². The van der Waals surface area contributed by atoms with Crippen LogP contribution in [-0.2, 0) is 0 Å². The van der Waals surface area contributed by atoms with E-state index in [0.29, 0.717) is 5.92 Å². The van der Waals surface area contributed by atoms with Crippen LogP contribution in [0.2, 0.25) is 0 Å². The van der Waals surface area contributed by atoms with Gasteiger partial charge in [-0.25, -0.2) is 4.79 Å². The third kappa shape index (κ3) is 3.79. The van der Waals surface area contributed by atoms with Crippen LogP contribution in [0.5, 0.6) is 0 Å². The Morgan fingerprint density at radius 1 is 1.17 bits per heavy atom. The average molecular weight is 312 g/mol. The smallest absolute Gasteiger partial charge is 0.321 e. The Kier molecular flexibility index (Phi) is 4.76. The lowest BCUT2D eigenvalue weighted by Gasteiger charge is -2.35. The van der Waals surface area contributed by atoms with Gasteiger partial charge in [-0.1, -0.05) is 32.0 Å². The summed E-state index contributed by atoms with van der Waals surface area (Å²) >= 11 is 0. The summed E-state index contributed by atoms with van der Waals surface area (Å²) in [7, 11) is 0. The number of amides is 2. The topological polar surface area (TPSA) is 48.5 Å². The van der Waals surface area contributed by atoms with Crippen molar-refractivity contribution in [1.82, 2.24) is 14.8 Å². The normalized spacial score (nSPS) is 16.0. The number of urea groups is 1. The number of para-hydroxylation sites is 1. The number of piperazine rings is 1. The molecule has 1 aromatic carbocycles. The van der Waals surface area contributed by atoms with E-state index >= 15 is 0 Å². The first-order valence-corrected chi connectivity index (χ1v) is 8.25. The number of aromatic nitrogens is 1. The van der Waals surface area contributed by atoms with Gasteiger partial charge in [0.1, 0.15) is 0 Å². The molecule has 2 aromatic rings. The van der Waals surface area contributed by atoms with Crippen LogP contribution in [0.25, 0.3) is 10.9 Å². The minimum absolute atomic E-state index is 0.0349. The maximum atomic E-state index is 12.5. The molecular formula is C18H24N4O. The van der Waals surface area contributed by atoms with Crippen LogP contribution >= 0.6 is 0 Å². The Hall–Kier alpha value is -2.14. The molecule has 1 N–H and O–H groups in total. The van der Waals surface area contributed by atoms with Gasteiger partial charge in [0, 0.05) is 44.3 Å². The Balaban J connectivity index is 1.63. The maximum absolute atomic E-state index is 12.5. The highest BCUT2D eigenvalue weighted by Crippen LogP contribution is 2.21. The lowest BCUT2D eigenvalue weighted by atomic mass is 10.2. The zero-order chi connectivity index (χ0) is 16.2. The second kappa shape index (κ2) is 6.96. The summed E-state index contributed by atoms with van der Waals surface area (Å²) < 4.78 is 0. The van der Waals surface area contributed by atoms with Crippen LogP contribution in [0.1, 0.15) is 13.8 Å². The van der Waals surface area contributed by atoms with Crippen molar-refractivity contribution < 1.29 is 4.79 Å². The van der Waals surface area contributed by atoms with Gasteiger partial charge in [0.25, 0.3) is 0 Å². The van der Waals surface area contributed by atoms with Crippen LogP contribution in [-0.4, -0.2) is 53.5 Å². The van der Waals surface area contributed by atoms with Crippen molar-refractivity contribution in [3.8, 4) is 0 Å². The van der Waals surface area contributed by atoms with E-state index in [9.17, 15) is 4.79 Å². The van der Waals surface area contributed by atoms with E-state index in [1.165, 1.54) is 0 Å². The van der Waals surface area contributed by atoms with Crippen molar-refractivity contribution in [3.05, 3.63) is 36.5 Å². The van der Waals surface area contributed by atoms with Gasteiger partial charge in [0.05, 0.1) is 11.2 Å². The number of pyridine rings is 1. The van der Waals surface area contributed by atoms with E-state index in [2.05, 4.69) is 29.0 Å². The summed E-state index contributed by atoms with van der Waals surface area (Å²) in [4.78, 5) is 21.2. The lowest BCUT2D eigenvalue weighted by Crippen LogP contribution is -2.50. The van der Waals surface area contributed by atoms with Crippen LogP contribution in [0.4, 0.5) is 10.5 Å². The predicted octanol–water partition coefficient (Wildman–Crippen LogP) is 3.04. The fourth-order valence-corrected chi connectivity index (χ4v) is 3.05. The zero-order valence-corrected chi connectivity index (χ0v) is 13.8. The molecule has 0 radical (unpaired) electrons. The second-order valence-corrected chi connectivity index (χ2v) is 6.49. The second-order valence-electron chi connectivity index (χ2n) is 6.49. The summed E-state index contributed by atoms with van der Waals surface area (Å²) in [6.45, 7) is 8.99. The molecule has 1 aliphatic heterocycles. The van der Waals surface area contributed by atoms with Crippen molar-refractivity contribution in [2.75, 3.05) is 38.0 Å². The molecule has 0 bridgehead atoms. The fraction of sp³-hybridized carbons (Fsp3) is 0.444. The highest BCUT2D eigenvalue weighted by Gasteiger charge is 2.21. The van der Waals surface area contributed by atoms with Gasteiger partial charge in [-0.15, -0.1) is 0 Å². The summed E-state index contributed by atoms with van der Waals surface area (Å²) in [5.74, 6) is 0.664. The molecule has 3 rings (SSSR count). The van der Waals surface area contributed by atoms with E-state index in [-0.39, 0.29) is 6.03 Å². The minimum Gasteiger partial charge on any atom is -0.322 e. The van der Waals surface area contributed by atoms with Crippen LogP contribution in [0.15, 0.2) is 36.5 Å². The van der Waals surface area contributed by atoms with Gasteiger partial charge in [-0.05, 0) is 18.1 Å². The Morgan fingerprint density at radius 2 is 1.91 bits per heavy atom. The van der Waals surface area contributed by atoms with Crippen LogP contribution in [0, 0.1) is 5.92 Å². The Bertz CT molecular complexity index is 672. The number of nitrogens with zero attached hydrogens (tertiary/aromatic N) is 3. The zero-order valence-electron chi connectivity index (χ0n) is 13.8. The fourth-order valence-electron chi connectivity index (χ4n) is 3.05. The van der Waals surface area contributed by atoms with Gasteiger partial charge in [-0.3, -0.25) is 9.88 Å². The lowest BCUT2D eigenvalue weighted by molar-refractivity contribution is 0.138. The Labute approximate surface area is 137 Å². The average Bonchev–Trinajstić information content (AvgIpc) is 2.55. The van der Waals surface area contributed by atoms with Crippen LogP contribution in [0.3, 0.4) is 0 Å². The first kappa shape index (κ1) is 15.7. The van der Waals surface area contributed by atoms with E-state index in [0.717, 1.165) is 49.3 Å². The molecule has 5 nitrogen and oxygen atoms in total. The Morgan fingerprint density at radius 3 is 2.65 bits per heavy atom. The molecule has 0 spiro atoms. The number of hydrogen-bond donors (Lipinski definition) is 1. The third-order valence-electron chi connectivity index (χ3n) is 4.16. The maximum Gasteiger partial charge on any atom is 0.321 e. The molecule has 23 heavy (non-hydrogen) atoms. The summed E-state index contributed by atoms with van der Waals surface area (Å²) in [6, 6.07) is 9.72. The van der Waals surface area contributed by atoms with Crippen molar-refractivity contribution in [2.45, 2.75) is 13.8 Å². The minimum atomic E-state index is -0.0349. The van der Waals surface area contributed by atoms with Crippen molar-refractivity contribution >= 4 is 22.6 Å². The number of benzene rings is 1. The van der Waals surface area contributed by atoms with Gasteiger partial charge in [0.2, 0.25) is 0 Å². The molecule has 1 fully saturated rings. The monoisotopic (exact) mass is 312 g/mol. The largest absolute Gasteiger partial charge is 0.322 e. The molecule has 1 aliphatic rings. The molecule has 0 saturated carbocycles. The SMILES string of the molecule is CC(C)CN1CCN(C(=O)Nc2cccc3cccnc23)CC1. The number of anilines is 1.